The van der Waals surface area contributed by atoms with Gasteiger partial charge in [0.1, 0.15) is 29.0 Å². The zero-order valence-corrected chi connectivity index (χ0v) is 22.4. The topological polar surface area (TPSA) is 98.2 Å². The highest BCUT2D eigenvalue weighted by Gasteiger charge is 2.49. The van der Waals surface area contributed by atoms with Gasteiger partial charge in [0.2, 0.25) is 0 Å². The lowest BCUT2D eigenvalue weighted by atomic mass is 9.94. The average Bonchev–Trinajstić information content (AvgIpc) is 3.46. The molecule has 1 fully saturated rings. The van der Waals surface area contributed by atoms with E-state index in [0.717, 1.165) is 21.3 Å². The van der Waals surface area contributed by atoms with Crippen molar-refractivity contribution in [3.05, 3.63) is 82.4 Å². The molecule has 2 heterocycles. The fourth-order valence-corrected chi connectivity index (χ4v) is 5.93. The molecule has 0 radical (unpaired) electrons. The Morgan fingerprint density at radius 2 is 1.68 bits per heavy atom. The Labute approximate surface area is 223 Å². The summed E-state index contributed by atoms with van der Waals surface area (Å²) in [5.74, 6) is -0.524. The summed E-state index contributed by atoms with van der Waals surface area (Å²) in [5, 5.41) is 11.8. The predicted molar refractivity (Wildman–Crippen MR) is 146 cm³/mol. The van der Waals surface area contributed by atoms with Crippen molar-refractivity contribution < 1.29 is 28.9 Å². The first-order valence-electron chi connectivity index (χ1n) is 11.8. The van der Waals surface area contributed by atoms with Crippen LogP contribution in [-0.4, -0.2) is 43.1 Å². The van der Waals surface area contributed by atoms with E-state index in [-0.39, 0.29) is 11.3 Å². The quantitative estimate of drug-likeness (QED) is 0.198. The molecular formula is C29H26N2O6S. The van der Waals surface area contributed by atoms with Gasteiger partial charge >= 0.3 is 5.91 Å². The van der Waals surface area contributed by atoms with Crippen LogP contribution in [0.25, 0.3) is 16.0 Å². The van der Waals surface area contributed by atoms with Gasteiger partial charge in [-0.2, -0.15) is 0 Å². The number of hydrogen-bond donors (Lipinski definition) is 1. The van der Waals surface area contributed by atoms with Crippen LogP contribution in [-0.2, 0) is 9.59 Å². The zero-order valence-electron chi connectivity index (χ0n) is 21.6. The highest BCUT2D eigenvalue weighted by atomic mass is 32.1. The van der Waals surface area contributed by atoms with E-state index in [1.54, 1.807) is 42.5 Å². The van der Waals surface area contributed by atoms with Crippen molar-refractivity contribution in [2.45, 2.75) is 19.9 Å². The summed E-state index contributed by atoms with van der Waals surface area (Å²) < 4.78 is 17.3. The number of benzene rings is 3. The number of carbonyl (C=O) groups is 2. The van der Waals surface area contributed by atoms with Crippen molar-refractivity contribution >= 4 is 44.1 Å². The summed E-state index contributed by atoms with van der Waals surface area (Å²) >= 11 is 1.31. The van der Waals surface area contributed by atoms with Crippen LogP contribution in [0.15, 0.2) is 60.2 Å². The van der Waals surface area contributed by atoms with Crippen molar-refractivity contribution in [1.29, 1.82) is 0 Å². The lowest BCUT2D eigenvalue weighted by Crippen LogP contribution is -2.29. The van der Waals surface area contributed by atoms with Gasteiger partial charge in [-0.1, -0.05) is 29.5 Å². The van der Waals surface area contributed by atoms with E-state index >= 15 is 0 Å². The Bertz CT molecular complexity index is 1620. The molecule has 4 aromatic rings. The molecule has 1 atom stereocenters. The molecule has 1 N–H and O–H groups in total. The largest absolute Gasteiger partial charge is 0.507 e. The standard InChI is InChI=1S/C29H26N2O6S/c1-15-11-16(2)24-22(12-15)38-29(30-24)31-25(20-14-19(36-4)9-10-21(20)37-5)23(27(33)28(31)34)26(32)17-7-6-8-18(13-17)35-3/h6-14,25,32H,1-5H3. The second-order valence-electron chi connectivity index (χ2n) is 8.93. The number of ether oxygens (including phenoxy) is 3. The van der Waals surface area contributed by atoms with Gasteiger partial charge < -0.3 is 19.3 Å². The van der Waals surface area contributed by atoms with E-state index in [2.05, 4.69) is 0 Å². The first-order valence-corrected chi connectivity index (χ1v) is 12.6. The molecule has 1 aromatic heterocycles. The maximum absolute atomic E-state index is 13.6. The van der Waals surface area contributed by atoms with Gasteiger partial charge in [0, 0.05) is 11.1 Å². The van der Waals surface area contributed by atoms with E-state index in [1.807, 2.05) is 26.0 Å². The van der Waals surface area contributed by atoms with Gasteiger partial charge in [-0.15, -0.1) is 0 Å². The molecule has 194 valence electrons. The van der Waals surface area contributed by atoms with Crippen molar-refractivity contribution in [1.82, 2.24) is 4.98 Å². The number of anilines is 1. The van der Waals surface area contributed by atoms with E-state index in [4.69, 9.17) is 19.2 Å². The predicted octanol–water partition coefficient (Wildman–Crippen LogP) is 5.57. The molecular weight excluding hydrogens is 504 g/mol. The van der Waals surface area contributed by atoms with Crippen LogP contribution in [0.2, 0.25) is 0 Å². The summed E-state index contributed by atoms with van der Waals surface area (Å²) in [7, 11) is 4.54. The lowest BCUT2D eigenvalue weighted by molar-refractivity contribution is -0.132. The highest BCUT2D eigenvalue weighted by Crippen LogP contribution is 2.47. The number of ketones is 1. The van der Waals surface area contributed by atoms with E-state index < -0.39 is 17.7 Å². The van der Waals surface area contributed by atoms with Crippen LogP contribution < -0.4 is 19.1 Å². The number of hydrogen-bond acceptors (Lipinski definition) is 8. The average molecular weight is 531 g/mol. The van der Waals surface area contributed by atoms with Gasteiger partial charge in [-0.05, 0) is 61.4 Å². The second kappa shape index (κ2) is 9.83. The monoisotopic (exact) mass is 530 g/mol. The summed E-state index contributed by atoms with van der Waals surface area (Å²) in [6.07, 6.45) is 0. The molecule has 8 nitrogen and oxygen atoms in total. The Kier molecular flexibility index (Phi) is 6.54. The molecule has 0 saturated carbocycles. The number of thiazole rings is 1. The maximum atomic E-state index is 13.6. The number of rotatable bonds is 6. The zero-order chi connectivity index (χ0) is 27.1. The molecule has 1 saturated heterocycles. The number of fused-ring (bicyclic) bond motifs is 1. The number of amides is 1. The first-order chi connectivity index (χ1) is 18.3. The van der Waals surface area contributed by atoms with E-state index in [1.165, 1.54) is 37.6 Å². The Morgan fingerprint density at radius 1 is 0.947 bits per heavy atom. The Balaban J connectivity index is 1.80. The Hall–Kier alpha value is -4.37. The molecule has 1 aliphatic heterocycles. The molecule has 3 aromatic carbocycles. The van der Waals surface area contributed by atoms with Crippen molar-refractivity contribution in [3.8, 4) is 17.2 Å². The highest BCUT2D eigenvalue weighted by molar-refractivity contribution is 7.22. The third-order valence-electron chi connectivity index (χ3n) is 6.54. The summed E-state index contributed by atoms with van der Waals surface area (Å²) in [5.41, 5.74) is 3.51. The first kappa shape index (κ1) is 25.3. The number of methoxy groups -OCH3 is 3. The fourth-order valence-electron chi connectivity index (χ4n) is 4.76. The van der Waals surface area contributed by atoms with Crippen LogP contribution in [0.5, 0.6) is 17.2 Å². The number of aryl methyl sites for hydroxylation is 2. The SMILES string of the molecule is COc1cccc(C(O)=C2C(=O)C(=O)N(c3nc4c(C)cc(C)cc4s3)C2c2cc(OC)ccc2OC)c1. The second-order valence-corrected chi connectivity index (χ2v) is 9.94. The van der Waals surface area contributed by atoms with Gasteiger partial charge in [0.05, 0.1) is 37.1 Å². The normalized spacial score (nSPS) is 16.8. The fraction of sp³-hybridized carbons (Fsp3) is 0.207. The summed E-state index contributed by atoms with van der Waals surface area (Å²) in [6, 6.07) is 14.8. The molecule has 1 amide bonds. The maximum Gasteiger partial charge on any atom is 0.301 e. The summed E-state index contributed by atoms with van der Waals surface area (Å²) in [6.45, 7) is 3.95. The van der Waals surface area contributed by atoms with Gasteiger partial charge in [-0.25, -0.2) is 4.98 Å². The molecule has 1 aliphatic rings. The molecule has 38 heavy (non-hydrogen) atoms. The third kappa shape index (κ3) is 4.14. The van der Waals surface area contributed by atoms with Crippen LogP contribution in [0, 0.1) is 13.8 Å². The number of nitrogens with zero attached hydrogens (tertiary/aromatic N) is 2. The van der Waals surface area contributed by atoms with Crippen molar-refractivity contribution in [2.75, 3.05) is 26.2 Å². The minimum Gasteiger partial charge on any atom is -0.507 e. The third-order valence-corrected chi connectivity index (χ3v) is 7.55. The van der Waals surface area contributed by atoms with E-state index in [0.29, 0.717) is 33.5 Å². The summed E-state index contributed by atoms with van der Waals surface area (Å²) in [4.78, 5) is 33.3. The van der Waals surface area contributed by atoms with Crippen molar-refractivity contribution in [2.24, 2.45) is 0 Å². The van der Waals surface area contributed by atoms with Gasteiger partial charge in [0.15, 0.2) is 5.13 Å². The number of aliphatic hydroxyl groups is 1. The minimum atomic E-state index is -1.02. The van der Waals surface area contributed by atoms with E-state index in [9.17, 15) is 14.7 Å². The van der Waals surface area contributed by atoms with Gasteiger partial charge in [-0.3, -0.25) is 14.5 Å². The number of aliphatic hydroxyl groups excluding tert-OH is 1. The number of Topliss-reactive ketones (excluding diaryl/α,β-unsaturated/α-hetero) is 1. The minimum absolute atomic E-state index is 0.0815. The molecule has 9 heteroatoms. The molecule has 0 aliphatic carbocycles. The van der Waals surface area contributed by atoms with Crippen LogP contribution in [0.1, 0.15) is 28.3 Å². The number of aromatic nitrogens is 1. The van der Waals surface area contributed by atoms with Crippen LogP contribution >= 0.6 is 11.3 Å². The van der Waals surface area contributed by atoms with Gasteiger partial charge in [0.25, 0.3) is 5.78 Å². The lowest BCUT2D eigenvalue weighted by Gasteiger charge is -2.25. The van der Waals surface area contributed by atoms with Crippen molar-refractivity contribution in [3.63, 3.8) is 0 Å². The Morgan fingerprint density at radius 3 is 2.39 bits per heavy atom. The number of carbonyl (C=O) groups excluding carboxylic acids is 2. The smallest absolute Gasteiger partial charge is 0.301 e. The van der Waals surface area contributed by atoms with Crippen LogP contribution in [0.4, 0.5) is 5.13 Å². The molecule has 0 spiro atoms. The molecule has 1 unspecified atom stereocenters. The van der Waals surface area contributed by atoms with Crippen LogP contribution in [0.3, 0.4) is 0 Å². The molecule has 0 bridgehead atoms. The molecule has 5 rings (SSSR count).